The molecule has 1 aliphatic heterocycles. The Bertz CT molecular complexity index is 1580. The molecule has 184 valence electrons. The van der Waals surface area contributed by atoms with Crippen LogP contribution >= 0.6 is 0 Å². The fraction of sp³-hybridized carbons (Fsp3) is 0.333. The second kappa shape index (κ2) is 7.68. The van der Waals surface area contributed by atoms with E-state index in [0.717, 1.165) is 46.2 Å². The molecule has 3 aliphatic rings. The summed E-state index contributed by atoms with van der Waals surface area (Å²) >= 11 is 0. The van der Waals surface area contributed by atoms with Gasteiger partial charge in [-0.15, -0.1) is 0 Å². The Balaban J connectivity index is 1.72. The van der Waals surface area contributed by atoms with Crippen LogP contribution in [-0.2, 0) is 11.8 Å². The summed E-state index contributed by atoms with van der Waals surface area (Å²) in [6, 6.07) is 7.88. The Hall–Kier alpha value is -3.64. The van der Waals surface area contributed by atoms with Crippen LogP contribution in [0.25, 0.3) is 22.4 Å². The number of aromatic hydroxyl groups is 1. The Morgan fingerprint density at radius 1 is 1.08 bits per heavy atom. The predicted molar refractivity (Wildman–Crippen MR) is 141 cm³/mol. The number of rotatable bonds is 2. The molecule has 3 aromatic rings. The molecule has 2 bridgehead atoms. The van der Waals surface area contributed by atoms with E-state index in [1.165, 1.54) is 10.1 Å². The second-order valence-corrected chi connectivity index (χ2v) is 10.3. The van der Waals surface area contributed by atoms with Gasteiger partial charge in [0.15, 0.2) is 0 Å². The van der Waals surface area contributed by atoms with E-state index in [9.17, 15) is 14.7 Å². The monoisotopic (exact) mass is 482 g/mol. The molecule has 2 aromatic carbocycles. The van der Waals surface area contributed by atoms with E-state index in [-0.39, 0.29) is 41.3 Å². The molecule has 36 heavy (non-hydrogen) atoms. The number of carbonyl (C=O) groups is 1. The molecule has 1 amide bonds. The van der Waals surface area contributed by atoms with Crippen molar-refractivity contribution in [1.29, 1.82) is 0 Å². The number of pyridine rings is 1. The first-order valence-corrected chi connectivity index (χ1v) is 12.4. The third kappa shape index (κ3) is 2.65. The van der Waals surface area contributed by atoms with Gasteiger partial charge in [0.05, 0.1) is 0 Å². The first-order valence-electron chi connectivity index (χ1n) is 12.4. The van der Waals surface area contributed by atoms with Crippen LogP contribution in [0.15, 0.2) is 42.2 Å². The van der Waals surface area contributed by atoms with Gasteiger partial charge in [0.1, 0.15) is 6.23 Å². The summed E-state index contributed by atoms with van der Waals surface area (Å²) in [5.41, 5.74) is 6.95. The molecular formula is C30H30N2O4. The van der Waals surface area contributed by atoms with Crippen molar-refractivity contribution in [1.82, 2.24) is 9.47 Å². The molecule has 0 fully saturated rings. The van der Waals surface area contributed by atoms with Crippen molar-refractivity contribution in [3.63, 3.8) is 0 Å². The van der Waals surface area contributed by atoms with Gasteiger partial charge in [-0.1, -0.05) is 38.3 Å². The van der Waals surface area contributed by atoms with Crippen molar-refractivity contribution in [2.75, 3.05) is 14.2 Å². The summed E-state index contributed by atoms with van der Waals surface area (Å²) in [6.07, 6.45) is 3.03. The van der Waals surface area contributed by atoms with Crippen LogP contribution in [0.5, 0.6) is 5.88 Å². The molecule has 2 heterocycles. The molecule has 0 saturated heterocycles. The summed E-state index contributed by atoms with van der Waals surface area (Å²) in [5.74, 6) is 0.239. The zero-order valence-corrected chi connectivity index (χ0v) is 21.1. The fourth-order valence-corrected chi connectivity index (χ4v) is 7.13. The van der Waals surface area contributed by atoms with E-state index in [1.807, 2.05) is 25.2 Å². The fourth-order valence-electron chi connectivity index (χ4n) is 7.13. The third-order valence-electron chi connectivity index (χ3n) is 8.87. The largest absolute Gasteiger partial charge is 0.494 e. The number of nitrogens with zero attached hydrogens (tertiary/aromatic N) is 2. The molecular weight excluding hydrogens is 452 g/mol. The molecule has 0 radical (unpaired) electrons. The van der Waals surface area contributed by atoms with E-state index in [4.69, 9.17) is 4.74 Å². The first kappa shape index (κ1) is 22.8. The number of hydrogen-bond acceptors (Lipinski definition) is 4. The van der Waals surface area contributed by atoms with Crippen molar-refractivity contribution < 1.29 is 14.6 Å². The number of aromatic nitrogens is 1. The van der Waals surface area contributed by atoms with Crippen LogP contribution in [0.1, 0.15) is 75.3 Å². The topological polar surface area (TPSA) is 71.8 Å². The Kier molecular flexibility index (Phi) is 4.86. The van der Waals surface area contributed by atoms with Gasteiger partial charge in [-0.3, -0.25) is 14.2 Å². The number of benzene rings is 2. The molecule has 6 heteroatoms. The standard InChI is InChI=1S/C30H30N2O4/c1-7-16-25-22(28(34)31(4)27(16)33)13-11-19-20-10-9-18-15(3)24-21(29(35)32(5)30(18)36-6)12-8-17(26(20)24)14(2)23(19)25/h7-8,11-13,15,18,20,30,34H,1-2,9-10H2,3-6H3. The zero-order valence-electron chi connectivity index (χ0n) is 21.1. The van der Waals surface area contributed by atoms with Crippen molar-refractivity contribution in [2.24, 2.45) is 13.0 Å². The van der Waals surface area contributed by atoms with Crippen LogP contribution in [0, 0.1) is 5.92 Å². The van der Waals surface area contributed by atoms with Crippen LogP contribution < -0.4 is 5.56 Å². The lowest BCUT2D eigenvalue weighted by Gasteiger charge is -2.34. The van der Waals surface area contributed by atoms with Crippen LogP contribution in [-0.4, -0.2) is 40.9 Å². The maximum Gasteiger partial charge on any atom is 0.260 e. The minimum absolute atomic E-state index is 0.0214. The minimum Gasteiger partial charge on any atom is -0.494 e. The number of methoxy groups -OCH3 is 1. The van der Waals surface area contributed by atoms with Gasteiger partial charge < -0.3 is 14.7 Å². The van der Waals surface area contributed by atoms with Crippen molar-refractivity contribution in [3.8, 4) is 5.88 Å². The van der Waals surface area contributed by atoms with Crippen molar-refractivity contribution in [3.05, 3.63) is 86.7 Å². The minimum atomic E-state index is -0.303. The molecule has 2 aliphatic carbocycles. The number of fused-ring (bicyclic) bond motifs is 5. The molecule has 6 nitrogen and oxygen atoms in total. The van der Waals surface area contributed by atoms with Crippen molar-refractivity contribution in [2.45, 2.75) is 37.8 Å². The van der Waals surface area contributed by atoms with Crippen LogP contribution in [0.3, 0.4) is 0 Å². The third-order valence-corrected chi connectivity index (χ3v) is 8.87. The lowest BCUT2D eigenvalue weighted by Crippen LogP contribution is -2.42. The van der Waals surface area contributed by atoms with E-state index < -0.39 is 0 Å². The van der Waals surface area contributed by atoms with Gasteiger partial charge in [0, 0.05) is 54.9 Å². The maximum atomic E-state index is 13.6. The number of ether oxygens (including phenoxy) is 1. The van der Waals surface area contributed by atoms with Gasteiger partial charge in [0.2, 0.25) is 5.88 Å². The highest BCUT2D eigenvalue weighted by Crippen LogP contribution is 2.55. The molecule has 6 rings (SSSR count). The number of carbonyl (C=O) groups excluding carboxylic acids is 1. The summed E-state index contributed by atoms with van der Waals surface area (Å²) in [4.78, 5) is 28.4. The molecule has 1 N–H and O–H groups in total. The van der Waals surface area contributed by atoms with Crippen LogP contribution in [0.2, 0.25) is 0 Å². The number of hydrogen-bond donors (Lipinski definition) is 1. The van der Waals surface area contributed by atoms with Gasteiger partial charge >= 0.3 is 0 Å². The van der Waals surface area contributed by atoms with Gasteiger partial charge in [-0.25, -0.2) is 0 Å². The summed E-state index contributed by atoms with van der Waals surface area (Å²) in [5, 5.41) is 12.2. The highest BCUT2D eigenvalue weighted by Gasteiger charge is 2.45. The first-order chi connectivity index (χ1) is 17.2. The summed E-state index contributed by atoms with van der Waals surface area (Å²) in [6.45, 7) is 10.6. The highest BCUT2D eigenvalue weighted by molar-refractivity contribution is 6.07. The summed E-state index contributed by atoms with van der Waals surface area (Å²) in [7, 11) is 5.07. The average molecular weight is 483 g/mol. The predicted octanol–water partition coefficient (Wildman–Crippen LogP) is 4.97. The lowest BCUT2D eigenvalue weighted by atomic mass is 9.70. The smallest absolute Gasteiger partial charge is 0.260 e. The van der Waals surface area contributed by atoms with E-state index >= 15 is 0 Å². The van der Waals surface area contributed by atoms with E-state index in [1.54, 1.807) is 25.1 Å². The Labute approximate surface area is 210 Å². The number of amides is 1. The van der Waals surface area contributed by atoms with E-state index in [2.05, 4.69) is 26.1 Å². The van der Waals surface area contributed by atoms with Gasteiger partial charge in [-0.05, 0) is 64.3 Å². The SMILES string of the molecule is C=Cc1c(=O)n(C)c(O)c2ccc3c(c12)C(=C)c1ccc2c4c1C3CCC(C4C)C(OC)N(C)C2=O. The molecule has 4 unspecified atom stereocenters. The van der Waals surface area contributed by atoms with E-state index in [0.29, 0.717) is 16.3 Å². The second-order valence-electron chi connectivity index (χ2n) is 10.3. The summed E-state index contributed by atoms with van der Waals surface area (Å²) < 4.78 is 7.14. The molecule has 0 spiro atoms. The quantitative estimate of drug-likeness (QED) is 0.560. The van der Waals surface area contributed by atoms with Gasteiger partial charge in [-0.2, -0.15) is 0 Å². The molecule has 1 aromatic heterocycles. The Morgan fingerprint density at radius 2 is 1.81 bits per heavy atom. The zero-order chi connectivity index (χ0) is 25.6. The van der Waals surface area contributed by atoms with Gasteiger partial charge in [0.25, 0.3) is 11.5 Å². The van der Waals surface area contributed by atoms with Crippen molar-refractivity contribution >= 4 is 28.3 Å². The maximum absolute atomic E-state index is 13.6. The highest BCUT2D eigenvalue weighted by atomic mass is 16.5. The molecule has 4 atom stereocenters. The normalized spacial score (nSPS) is 24.4. The average Bonchev–Trinajstić information content (AvgIpc) is 3.07. The molecule has 0 saturated carbocycles. The lowest BCUT2D eigenvalue weighted by molar-refractivity contribution is -0.0497. The Morgan fingerprint density at radius 3 is 2.50 bits per heavy atom. The van der Waals surface area contributed by atoms with Crippen LogP contribution in [0.4, 0.5) is 0 Å².